The van der Waals surface area contributed by atoms with E-state index >= 15 is 0 Å². The Morgan fingerprint density at radius 1 is 1.11 bits per heavy atom. The SMILES string of the molecule is N#Cc1ncccc1CNCc1ccccc1F. The van der Waals surface area contributed by atoms with E-state index in [-0.39, 0.29) is 5.82 Å². The van der Waals surface area contributed by atoms with Crippen LogP contribution in [-0.2, 0) is 13.1 Å². The van der Waals surface area contributed by atoms with Crippen LogP contribution in [0.1, 0.15) is 16.8 Å². The van der Waals surface area contributed by atoms with Crippen molar-refractivity contribution in [1.29, 1.82) is 5.26 Å². The number of nitriles is 1. The highest BCUT2D eigenvalue weighted by atomic mass is 19.1. The summed E-state index contributed by atoms with van der Waals surface area (Å²) in [6.07, 6.45) is 1.58. The van der Waals surface area contributed by atoms with Gasteiger partial charge in [0.2, 0.25) is 0 Å². The summed E-state index contributed by atoms with van der Waals surface area (Å²) in [6, 6.07) is 12.3. The molecule has 1 aromatic carbocycles. The Hall–Kier alpha value is -2.25. The maximum absolute atomic E-state index is 13.4. The maximum Gasteiger partial charge on any atom is 0.144 e. The lowest BCUT2D eigenvalue weighted by molar-refractivity contribution is 0.587. The molecule has 90 valence electrons. The Labute approximate surface area is 105 Å². The summed E-state index contributed by atoms with van der Waals surface area (Å²) in [4.78, 5) is 3.97. The van der Waals surface area contributed by atoms with Gasteiger partial charge in [-0.25, -0.2) is 9.37 Å². The molecule has 0 aliphatic rings. The van der Waals surface area contributed by atoms with Gasteiger partial charge in [0.15, 0.2) is 0 Å². The maximum atomic E-state index is 13.4. The van der Waals surface area contributed by atoms with E-state index in [4.69, 9.17) is 5.26 Å². The zero-order valence-electron chi connectivity index (χ0n) is 9.73. The highest BCUT2D eigenvalue weighted by Crippen LogP contribution is 2.07. The van der Waals surface area contributed by atoms with Crippen LogP contribution in [0.15, 0.2) is 42.6 Å². The monoisotopic (exact) mass is 241 g/mol. The van der Waals surface area contributed by atoms with Gasteiger partial charge in [0.05, 0.1) is 0 Å². The highest BCUT2D eigenvalue weighted by Gasteiger charge is 2.03. The van der Waals surface area contributed by atoms with Gasteiger partial charge in [-0.3, -0.25) is 0 Å². The summed E-state index contributed by atoms with van der Waals surface area (Å²) >= 11 is 0. The van der Waals surface area contributed by atoms with Crippen molar-refractivity contribution >= 4 is 0 Å². The third-order valence-electron chi connectivity index (χ3n) is 2.59. The smallest absolute Gasteiger partial charge is 0.144 e. The molecule has 4 heteroatoms. The Morgan fingerprint density at radius 3 is 2.61 bits per heavy atom. The molecule has 0 spiro atoms. The Balaban J connectivity index is 1.97. The van der Waals surface area contributed by atoms with Gasteiger partial charge in [-0.2, -0.15) is 5.26 Å². The van der Waals surface area contributed by atoms with Crippen molar-refractivity contribution in [1.82, 2.24) is 10.3 Å². The summed E-state index contributed by atoms with van der Waals surface area (Å²) < 4.78 is 13.4. The van der Waals surface area contributed by atoms with Crippen LogP contribution in [0.4, 0.5) is 4.39 Å². The summed E-state index contributed by atoms with van der Waals surface area (Å²) in [5, 5.41) is 12.0. The number of halogens is 1. The second-order valence-electron chi connectivity index (χ2n) is 3.82. The molecule has 2 aromatic rings. The fourth-order valence-electron chi connectivity index (χ4n) is 1.66. The minimum absolute atomic E-state index is 0.225. The number of hydrogen-bond acceptors (Lipinski definition) is 3. The van der Waals surface area contributed by atoms with Gasteiger partial charge in [0.1, 0.15) is 17.6 Å². The molecule has 18 heavy (non-hydrogen) atoms. The molecule has 1 aromatic heterocycles. The molecule has 0 fully saturated rings. The van der Waals surface area contributed by atoms with Crippen molar-refractivity contribution in [3.8, 4) is 6.07 Å². The molecule has 0 aliphatic heterocycles. The molecule has 0 radical (unpaired) electrons. The van der Waals surface area contributed by atoms with E-state index in [0.29, 0.717) is 24.3 Å². The van der Waals surface area contributed by atoms with E-state index in [1.54, 1.807) is 30.5 Å². The first-order chi connectivity index (χ1) is 8.81. The topological polar surface area (TPSA) is 48.7 Å². The summed E-state index contributed by atoms with van der Waals surface area (Å²) in [7, 11) is 0. The first-order valence-electron chi connectivity index (χ1n) is 5.59. The first kappa shape index (κ1) is 12.2. The number of pyridine rings is 1. The minimum Gasteiger partial charge on any atom is -0.308 e. The second kappa shape index (κ2) is 5.89. The van der Waals surface area contributed by atoms with E-state index in [9.17, 15) is 4.39 Å². The fraction of sp³-hybridized carbons (Fsp3) is 0.143. The van der Waals surface area contributed by atoms with Crippen LogP contribution in [0.2, 0.25) is 0 Å². The summed E-state index contributed by atoms with van der Waals surface area (Å²) in [5.74, 6) is -0.225. The molecule has 0 saturated heterocycles. The van der Waals surface area contributed by atoms with Crippen molar-refractivity contribution in [2.24, 2.45) is 0 Å². The first-order valence-corrected chi connectivity index (χ1v) is 5.59. The fourth-order valence-corrected chi connectivity index (χ4v) is 1.66. The van der Waals surface area contributed by atoms with Gasteiger partial charge in [-0.15, -0.1) is 0 Å². The lowest BCUT2D eigenvalue weighted by atomic mass is 10.2. The van der Waals surface area contributed by atoms with Crippen LogP contribution in [0, 0.1) is 17.1 Å². The standard InChI is InChI=1S/C14H12FN3/c15-13-6-2-1-4-11(13)9-17-10-12-5-3-7-18-14(12)8-16/h1-7,17H,9-10H2. The van der Waals surface area contributed by atoms with Crippen LogP contribution < -0.4 is 5.32 Å². The Kier molecular flexibility index (Phi) is 4.00. The van der Waals surface area contributed by atoms with E-state index in [1.807, 2.05) is 12.1 Å². The number of rotatable bonds is 4. The van der Waals surface area contributed by atoms with Gasteiger partial charge < -0.3 is 5.32 Å². The average molecular weight is 241 g/mol. The predicted molar refractivity (Wildman–Crippen MR) is 65.9 cm³/mol. The van der Waals surface area contributed by atoms with Crippen molar-refractivity contribution in [3.63, 3.8) is 0 Å². The third-order valence-corrected chi connectivity index (χ3v) is 2.59. The van der Waals surface area contributed by atoms with E-state index in [2.05, 4.69) is 10.3 Å². The average Bonchev–Trinajstić information content (AvgIpc) is 2.41. The Bertz CT molecular complexity index is 575. The van der Waals surface area contributed by atoms with E-state index in [0.717, 1.165) is 5.56 Å². The quantitative estimate of drug-likeness (QED) is 0.894. The van der Waals surface area contributed by atoms with Crippen LogP contribution in [0.25, 0.3) is 0 Å². The minimum atomic E-state index is -0.225. The molecule has 3 nitrogen and oxygen atoms in total. The lowest BCUT2D eigenvalue weighted by Crippen LogP contribution is -2.14. The van der Waals surface area contributed by atoms with E-state index < -0.39 is 0 Å². The van der Waals surface area contributed by atoms with Crippen molar-refractivity contribution < 1.29 is 4.39 Å². The van der Waals surface area contributed by atoms with Crippen molar-refractivity contribution in [2.75, 3.05) is 0 Å². The number of aromatic nitrogens is 1. The number of benzene rings is 1. The molecule has 1 heterocycles. The summed E-state index contributed by atoms with van der Waals surface area (Å²) in [6.45, 7) is 0.914. The number of hydrogen-bond donors (Lipinski definition) is 1. The molecule has 2 rings (SSSR count). The van der Waals surface area contributed by atoms with Crippen molar-refractivity contribution in [3.05, 3.63) is 65.2 Å². The molecular formula is C14H12FN3. The molecular weight excluding hydrogens is 229 g/mol. The van der Waals surface area contributed by atoms with Gasteiger partial charge >= 0.3 is 0 Å². The zero-order chi connectivity index (χ0) is 12.8. The van der Waals surface area contributed by atoms with Crippen LogP contribution >= 0.6 is 0 Å². The zero-order valence-corrected chi connectivity index (χ0v) is 9.73. The van der Waals surface area contributed by atoms with Gasteiger partial charge in [0, 0.05) is 30.4 Å². The molecule has 0 unspecified atom stereocenters. The summed E-state index contributed by atoms with van der Waals surface area (Å²) in [5.41, 5.74) is 1.83. The van der Waals surface area contributed by atoms with Gasteiger partial charge in [-0.1, -0.05) is 24.3 Å². The molecule has 0 bridgehead atoms. The lowest BCUT2D eigenvalue weighted by Gasteiger charge is -2.06. The van der Waals surface area contributed by atoms with Gasteiger partial charge in [-0.05, 0) is 12.1 Å². The Morgan fingerprint density at radius 2 is 1.83 bits per heavy atom. The van der Waals surface area contributed by atoms with E-state index in [1.165, 1.54) is 6.07 Å². The van der Waals surface area contributed by atoms with Crippen molar-refractivity contribution in [2.45, 2.75) is 13.1 Å². The molecule has 0 amide bonds. The normalized spacial score (nSPS) is 10.0. The highest BCUT2D eigenvalue weighted by molar-refractivity contribution is 5.30. The molecule has 1 N–H and O–H groups in total. The largest absolute Gasteiger partial charge is 0.308 e. The number of nitrogens with zero attached hydrogens (tertiary/aromatic N) is 2. The molecule has 0 saturated carbocycles. The third kappa shape index (κ3) is 2.90. The number of nitrogens with one attached hydrogen (secondary N) is 1. The molecule has 0 atom stereocenters. The second-order valence-corrected chi connectivity index (χ2v) is 3.82. The van der Waals surface area contributed by atoms with Crippen LogP contribution in [0.5, 0.6) is 0 Å². The predicted octanol–water partition coefficient (Wildman–Crippen LogP) is 2.38. The van der Waals surface area contributed by atoms with Gasteiger partial charge in [0.25, 0.3) is 0 Å². The van der Waals surface area contributed by atoms with Crippen LogP contribution in [0.3, 0.4) is 0 Å². The van der Waals surface area contributed by atoms with Crippen LogP contribution in [-0.4, -0.2) is 4.98 Å². The molecule has 0 aliphatic carbocycles.